The molecule has 0 saturated heterocycles. The van der Waals surface area contributed by atoms with Crippen LogP contribution < -0.4 is 5.32 Å². The number of carbonyl (C=O) groups excluding carboxylic acids is 3. The van der Waals surface area contributed by atoms with Gasteiger partial charge in [0.15, 0.2) is 6.61 Å². The van der Waals surface area contributed by atoms with Gasteiger partial charge in [-0.1, -0.05) is 6.92 Å². The third-order valence-corrected chi connectivity index (χ3v) is 5.94. The van der Waals surface area contributed by atoms with E-state index in [4.69, 9.17) is 9.47 Å². The summed E-state index contributed by atoms with van der Waals surface area (Å²) in [6, 6.07) is 0. The number of ether oxygens (including phenoxy) is 2. The number of amides is 1. The van der Waals surface area contributed by atoms with Gasteiger partial charge in [-0.2, -0.15) is 0 Å². The summed E-state index contributed by atoms with van der Waals surface area (Å²) < 4.78 is 10.4. The van der Waals surface area contributed by atoms with Crippen molar-refractivity contribution >= 4 is 34.2 Å². The minimum absolute atomic E-state index is 0.0755. The largest absolute Gasteiger partial charge is 0.459 e. The van der Waals surface area contributed by atoms with Crippen molar-refractivity contribution in [1.82, 2.24) is 0 Å². The van der Waals surface area contributed by atoms with Crippen molar-refractivity contribution in [2.45, 2.75) is 59.0 Å². The lowest BCUT2D eigenvalue weighted by atomic mass is 9.95. The van der Waals surface area contributed by atoms with Gasteiger partial charge in [-0.3, -0.25) is 9.59 Å². The van der Waals surface area contributed by atoms with Crippen molar-refractivity contribution in [1.29, 1.82) is 0 Å². The highest BCUT2D eigenvalue weighted by molar-refractivity contribution is 7.17. The summed E-state index contributed by atoms with van der Waals surface area (Å²) in [5.74, 6) is -0.889. The van der Waals surface area contributed by atoms with E-state index in [1.807, 2.05) is 6.92 Å². The molecular weight excluding hydrogens is 354 g/mol. The quantitative estimate of drug-likeness (QED) is 0.767. The number of rotatable bonds is 6. The molecule has 26 heavy (non-hydrogen) atoms. The molecule has 3 rings (SSSR count). The van der Waals surface area contributed by atoms with E-state index >= 15 is 0 Å². The van der Waals surface area contributed by atoms with E-state index in [1.165, 1.54) is 11.3 Å². The second kappa shape index (κ2) is 7.78. The molecule has 0 aromatic carbocycles. The summed E-state index contributed by atoms with van der Waals surface area (Å²) in [4.78, 5) is 37.6. The lowest BCUT2D eigenvalue weighted by molar-refractivity contribution is -0.148. The predicted molar refractivity (Wildman–Crippen MR) is 98.4 cm³/mol. The van der Waals surface area contributed by atoms with Crippen LogP contribution in [0.15, 0.2) is 0 Å². The maximum Gasteiger partial charge on any atom is 0.341 e. The first-order valence-corrected chi connectivity index (χ1v) is 10.0. The third-order valence-electron chi connectivity index (χ3n) is 4.73. The minimum Gasteiger partial charge on any atom is -0.459 e. The third kappa shape index (κ3) is 4.26. The van der Waals surface area contributed by atoms with Crippen LogP contribution in [0.25, 0.3) is 0 Å². The molecule has 1 N–H and O–H groups in total. The van der Waals surface area contributed by atoms with Crippen LogP contribution in [0.3, 0.4) is 0 Å². The highest BCUT2D eigenvalue weighted by atomic mass is 32.1. The van der Waals surface area contributed by atoms with E-state index in [0.29, 0.717) is 16.5 Å². The van der Waals surface area contributed by atoms with Gasteiger partial charge >= 0.3 is 11.9 Å². The van der Waals surface area contributed by atoms with E-state index in [-0.39, 0.29) is 24.6 Å². The van der Waals surface area contributed by atoms with E-state index in [9.17, 15) is 14.4 Å². The number of carbonyl (C=O) groups is 3. The Morgan fingerprint density at radius 2 is 1.92 bits per heavy atom. The zero-order chi connectivity index (χ0) is 18.8. The molecule has 0 spiro atoms. The van der Waals surface area contributed by atoms with Crippen molar-refractivity contribution in [3.8, 4) is 0 Å². The number of hydrogen-bond acceptors (Lipinski definition) is 6. The first kappa shape index (κ1) is 18.9. The highest BCUT2D eigenvalue weighted by Crippen LogP contribution is 2.39. The lowest BCUT2D eigenvalue weighted by Gasteiger charge is -2.14. The molecular formula is C19H25NO5S. The zero-order valence-corrected chi connectivity index (χ0v) is 16.2. The Morgan fingerprint density at radius 1 is 1.23 bits per heavy atom. The summed E-state index contributed by atoms with van der Waals surface area (Å²) in [6.07, 6.45) is 4.42. The van der Waals surface area contributed by atoms with Crippen molar-refractivity contribution in [3.05, 3.63) is 16.0 Å². The number of fused-ring (bicyclic) bond motifs is 1. The SMILES string of the molecule is CC(C)OC(=O)c1c(NC(=O)COC(=O)[C@@H]2C[C@@H]2C)sc2c1CCCC2. The molecule has 7 heteroatoms. The fourth-order valence-corrected chi connectivity index (χ4v) is 4.49. The number of anilines is 1. The molecule has 1 aromatic rings. The Labute approximate surface area is 157 Å². The minimum atomic E-state index is -0.427. The van der Waals surface area contributed by atoms with Crippen molar-refractivity contribution < 1.29 is 23.9 Å². The molecule has 1 aromatic heterocycles. The monoisotopic (exact) mass is 379 g/mol. The Bertz CT molecular complexity index is 724. The standard InChI is InChI=1S/C19H25NO5S/c1-10(2)25-19(23)16-12-6-4-5-7-14(12)26-17(16)20-15(21)9-24-18(22)13-8-11(13)3/h10-11,13H,4-9H2,1-3H3,(H,20,21)/t11-,13+/m0/s1. The predicted octanol–water partition coefficient (Wildman–Crippen LogP) is 3.33. The normalized spacial score (nSPS) is 21.1. The molecule has 1 heterocycles. The number of esters is 2. The number of hydrogen-bond donors (Lipinski definition) is 1. The molecule has 142 valence electrons. The first-order valence-electron chi connectivity index (χ1n) is 9.18. The molecule has 0 aliphatic heterocycles. The summed E-state index contributed by atoms with van der Waals surface area (Å²) in [6.45, 7) is 5.25. The molecule has 2 aliphatic rings. The fourth-order valence-electron chi connectivity index (χ4n) is 3.20. The Hall–Kier alpha value is -1.89. The molecule has 2 atom stereocenters. The van der Waals surface area contributed by atoms with Crippen LogP contribution in [0.5, 0.6) is 0 Å². The van der Waals surface area contributed by atoms with Gasteiger partial charge in [-0.25, -0.2) is 4.79 Å². The van der Waals surface area contributed by atoms with Crippen molar-refractivity contribution in [2.24, 2.45) is 11.8 Å². The average molecular weight is 379 g/mol. The molecule has 0 unspecified atom stereocenters. The second-order valence-electron chi connectivity index (χ2n) is 7.34. The summed E-state index contributed by atoms with van der Waals surface area (Å²) in [5, 5.41) is 3.25. The second-order valence-corrected chi connectivity index (χ2v) is 8.45. The van der Waals surface area contributed by atoms with Crippen LogP contribution in [0.1, 0.15) is 60.8 Å². The first-order chi connectivity index (χ1) is 12.4. The van der Waals surface area contributed by atoms with Crippen LogP contribution >= 0.6 is 11.3 Å². The molecule has 1 saturated carbocycles. The van der Waals surface area contributed by atoms with Gasteiger partial charge in [0.05, 0.1) is 17.6 Å². The van der Waals surface area contributed by atoms with Crippen LogP contribution in [-0.2, 0) is 31.9 Å². The zero-order valence-electron chi connectivity index (χ0n) is 15.4. The molecule has 1 amide bonds. The van der Waals surface area contributed by atoms with Crippen LogP contribution in [0.4, 0.5) is 5.00 Å². The Kier molecular flexibility index (Phi) is 5.65. The van der Waals surface area contributed by atoms with Gasteiger partial charge in [-0.05, 0) is 57.4 Å². The van der Waals surface area contributed by atoms with E-state index < -0.39 is 11.9 Å². The highest BCUT2D eigenvalue weighted by Gasteiger charge is 2.40. The van der Waals surface area contributed by atoms with Gasteiger partial charge in [-0.15, -0.1) is 11.3 Å². The lowest BCUT2D eigenvalue weighted by Crippen LogP contribution is -2.23. The Morgan fingerprint density at radius 3 is 2.58 bits per heavy atom. The van der Waals surface area contributed by atoms with Gasteiger partial charge < -0.3 is 14.8 Å². The topological polar surface area (TPSA) is 81.7 Å². The van der Waals surface area contributed by atoms with Gasteiger partial charge in [0.25, 0.3) is 5.91 Å². The van der Waals surface area contributed by atoms with E-state index in [2.05, 4.69) is 5.32 Å². The number of aryl methyl sites for hydroxylation is 1. The Balaban J connectivity index is 1.69. The van der Waals surface area contributed by atoms with Crippen molar-refractivity contribution in [2.75, 3.05) is 11.9 Å². The summed E-state index contributed by atoms with van der Waals surface area (Å²) in [5.41, 5.74) is 1.46. The molecule has 0 bridgehead atoms. The molecule has 6 nitrogen and oxygen atoms in total. The number of thiophene rings is 1. The molecule has 0 radical (unpaired) electrons. The average Bonchev–Trinajstić information content (AvgIpc) is 3.19. The number of nitrogens with one attached hydrogen (secondary N) is 1. The fraction of sp³-hybridized carbons (Fsp3) is 0.632. The van der Waals surface area contributed by atoms with Gasteiger partial charge in [0.1, 0.15) is 5.00 Å². The van der Waals surface area contributed by atoms with Crippen LogP contribution in [0, 0.1) is 11.8 Å². The smallest absolute Gasteiger partial charge is 0.341 e. The van der Waals surface area contributed by atoms with Gasteiger partial charge in [0, 0.05) is 4.88 Å². The summed E-state index contributed by atoms with van der Waals surface area (Å²) >= 11 is 1.43. The maximum absolute atomic E-state index is 12.5. The van der Waals surface area contributed by atoms with Crippen LogP contribution in [0.2, 0.25) is 0 Å². The summed E-state index contributed by atoms with van der Waals surface area (Å²) in [7, 11) is 0. The molecule has 1 fully saturated rings. The maximum atomic E-state index is 12.5. The van der Waals surface area contributed by atoms with Crippen LogP contribution in [-0.4, -0.2) is 30.6 Å². The van der Waals surface area contributed by atoms with Crippen molar-refractivity contribution in [3.63, 3.8) is 0 Å². The van der Waals surface area contributed by atoms with E-state index in [1.54, 1.807) is 13.8 Å². The van der Waals surface area contributed by atoms with E-state index in [0.717, 1.165) is 42.5 Å². The van der Waals surface area contributed by atoms with Gasteiger partial charge in [0.2, 0.25) is 0 Å². The molecule has 2 aliphatic carbocycles.